The highest BCUT2D eigenvalue weighted by Crippen LogP contribution is 2.38. The van der Waals surface area contributed by atoms with Crippen molar-refractivity contribution >= 4 is 16.9 Å². The highest BCUT2D eigenvalue weighted by molar-refractivity contribution is 5.96. The molecule has 0 fully saturated rings. The maximum Gasteiger partial charge on any atom is 0.383 e. The Morgan fingerprint density at radius 2 is 1.75 bits per heavy atom. The van der Waals surface area contributed by atoms with Crippen LogP contribution in [0.3, 0.4) is 0 Å². The first-order valence-corrected chi connectivity index (χ1v) is 10.6. The second-order valence-electron chi connectivity index (χ2n) is 8.17. The molecular weight excluding hydrogens is 408 g/mol. The summed E-state index contributed by atoms with van der Waals surface area (Å²) >= 11 is 0. The van der Waals surface area contributed by atoms with Crippen LogP contribution < -0.4 is 19.8 Å². The molecule has 0 saturated carbocycles. The fourth-order valence-electron chi connectivity index (χ4n) is 3.03. The summed E-state index contributed by atoms with van der Waals surface area (Å²) in [6.45, 7) is 7.94. The fraction of sp³-hybridized carbons (Fsp3) is 0.308. The number of allylic oxidation sites excluding steroid dienone is 1. The number of hydrogen-bond acceptors (Lipinski definition) is 6. The molecule has 0 saturated heterocycles. The lowest BCUT2D eigenvalue weighted by molar-refractivity contribution is 0.0729. The van der Waals surface area contributed by atoms with Crippen molar-refractivity contribution in [1.29, 1.82) is 0 Å². The molecule has 6 heteroatoms. The molecule has 0 amide bonds. The lowest BCUT2D eigenvalue weighted by Crippen LogP contribution is -2.23. The number of ether oxygens (including phenoxy) is 3. The number of esters is 1. The van der Waals surface area contributed by atoms with Gasteiger partial charge in [0.2, 0.25) is 5.75 Å². The molecule has 0 aliphatic rings. The van der Waals surface area contributed by atoms with E-state index in [0.29, 0.717) is 23.1 Å². The quantitative estimate of drug-likeness (QED) is 0.189. The number of carbonyl (C=O) groups is 1. The highest BCUT2D eigenvalue weighted by Gasteiger charge is 2.24. The minimum atomic E-state index is -0.738. The van der Waals surface area contributed by atoms with Crippen LogP contribution in [-0.4, -0.2) is 18.2 Å². The van der Waals surface area contributed by atoms with E-state index < -0.39 is 17.2 Å². The van der Waals surface area contributed by atoms with Gasteiger partial charge in [0.25, 0.3) is 0 Å². The van der Waals surface area contributed by atoms with E-state index in [2.05, 4.69) is 0 Å². The molecular formula is C26H28O6. The normalized spacial score (nSPS) is 11.6. The molecule has 32 heavy (non-hydrogen) atoms. The third kappa shape index (κ3) is 5.78. The topological polar surface area (TPSA) is 75.0 Å². The van der Waals surface area contributed by atoms with Crippen LogP contribution in [0.25, 0.3) is 11.0 Å². The molecule has 2 aromatic carbocycles. The van der Waals surface area contributed by atoms with Gasteiger partial charge in [-0.3, -0.25) is 0 Å². The van der Waals surface area contributed by atoms with E-state index in [-0.39, 0.29) is 23.7 Å². The van der Waals surface area contributed by atoms with Gasteiger partial charge < -0.3 is 18.6 Å². The van der Waals surface area contributed by atoms with Crippen molar-refractivity contribution in [2.75, 3.05) is 6.61 Å². The van der Waals surface area contributed by atoms with Crippen molar-refractivity contribution in [2.24, 2.45) is 0 Å². The van der Waals surface area contributed by atoms with Gasteiger partial charge in [0.1, 0.15) is 5.60 Å². The van der Waals surface area contributed by atoms with Gasteiger partial charge in [0.15, 0.2) is 17.1 Å². The first kappa shape index (κ1) is 23.1. The van der Waals surface area contributed by atoms with E-state index in [1.807, 2.05) is 39.8 Å². The molecule has 3 aromatic rings. The average Bonchev–Trinajstić information content (AvgIpc) is 2.75. The molecule has 0 aliphatic heterocycles. The Kier molecular flexibility index (Phi) is 7.36. The molecule has 0 radical (unpaired) electrons. The molecule has 0 aliphatic carbocycles. The van der Waals surface area contributed by atoms with Gasteiger partial charge in [-0.1, -0.05) is 43.3 Å². The molecule has 1 heterocycles. The average molecular weight is 437 g/mol. The minimum Gasteiger partial charge on any atom is -0.484 e. The number of hydrogen-bond donors (Lipinski definition) is 0. The number of carbonyl (C=O) groups excluding carboxylic acids is 1. The third-order valence-corrected chi connectivity index (χ3v) is 4.36. The first-order valence-electron chi connectivity index (χ1n) is 10.6. The van der Waals surface area contributed by atoms with Crippen LogP contribution in [0.5, 0.6) is 17.2 Å². The minimum absolute atomic E-state index is 0.0175. The lowest BCUT2D eigenvalue weighted by Gasteiger charge is -2.22. The van der Waals surface area contributed by atoms with Gasteiger partial charge in [0.05, 0.1) is 17.6 Å². The molecule has 1 aromatic heterocycles. The molecule has 3 rings (SSSR count). The Balaban J connectivity index is 2.08. The Labute approximate surface area is 187 Å². The van der Waals surface area contributed by atoms with Crippen molar-refractivity contribution < 1.29 is 23.4 Å². The zero-order valence-corrected chi connectivity index (χ0v) is 18.8. The maximum atomic E-state index is 12.9. The molecule has 0 unspecified atom stereocenters. The van der Waals surface area contributed by atoms with Crippen LogP contribution in [0.2, 0.25) is 0 Å². The summed E-state index contributed by atoms with van der Waals surface area (Å²) in [6, 6.07) is 13.7. The number of para-hydroxylation sites is 1. The summed E-state index contributed by atoms with van der Waals surface area (Å²) in [5, 5.41) is 0.412. The van der Waals surface area contributed by atoms with Gasteiger partial charge >= 0.3 is 11.6 Å². The fourth-order valence-corrected chi connectivity index (χ4v) is 3.03. The van der Waals surface area contributed by atoms with Crippen LogP contribution >= 0.6 is 0 Å². The van der Waals surface area contributed by atoms with Gasteiger partial charge in [0, 0.05) is 0 Å². The van der Waals surface area contributed by atoms with Crippen LogP contribution in [0.4, 0.5) is 0 Å². The number of fused-ring (bicyclic) bond motifs is 1. The van der Waals surface area contributed by atoms with E-state index in [9.17, 15) is 9.59 Å². The standard InChI is InChI=1S/C26H28O6/c1-5-6-7-11-17-29-23-22(31-24(27)18-13-9-8-10-14-18)19-15-12-16-20(32-26(2,3)4)21(19)30-25(23)28/h6-10,12-16H,5,11,17H2,1-4H3. The maximum absolute atomic E-state index is 12.9. The van der Waals surface area contributed by atoms with E-state index >= 15 is 0 Å². The Morgan fingerprint density at radius 3 is 2.44 bits per heavy atom. The molecule has 0 atom stereocenters. The Hall–Kier alpha value is -3.54. The zero-order valence-electron chi connectivity index (χ0n) is 18.8. The molecule has 0 bridgehead atoms. The van der Waals surface area contributed by atoms with Crippen molar-refractivity contribution in [3.63, 3.8) is 0 Å². The summed E-state index contributed by atoms with van der Waals surface area (Å²) in [4.78, 5) is 25.7. The molecule has 168 valence electrons. The summed E-state index contributed by atoms with van der Waals surface area (Å²) in [5.74, 6) is -0.347. The second-order valence-corrected chi connectivity index (χ2v) is 8.17. The number of rotatable bonds is 8. The summed E-state index contributed by atoms with van der Waals surface area (Å²) in [5.41, 5.74) is -0.707. The van der Waals surface area contributed by atoms with Crippen LogP contribution in [0.1, 0.15) is 50.9 Å². The SMILES string of the molecule is CCC=CCCOc1c(OC(=O)c2ccccc2)c2cccc(OC(C)(C)C)c2oc1=O. The predicted molar refractivity (Wildman–Crippen MR) is 124 cm³/mol. The summed E-state index contributed by atoms with van der Waals surface area (Å²) < 4.78 is 22.9. The van der Waals surface area contributed by atoms with E-state index in [1.165, 1.54) is 0 Å². The Bertz CT molecular complexity index is 1150. The van der Waals surface area contributed by atoms with Crippen molar-refractivity contribution in [2.45, 2.75) is 46.1 Å². The van der Waals surface area contributed by atoms with Gasteiger partial charge in [-0.2, -0.15) is 0 Å². The van der Waals surface area contributed by atoms with Gasteiger partial charge in [-0.25, -0.2) is 9.59 Å². The summed E-state index contributed by atoms with van der Waals surface area (Å²) in [7, 11) is 0. The molecule has 0 spiro atoms. The third-order valence-electron chi connectivity index (χ3n) is 4.36. The van der Waals surface area contributed by atoms with E-state index in [0.717, 1.165) is 6.42 Å². The smallest absolute Gasteiger partial charge is 0.383 e. The van der Waals surface area contributed by atoms with Crippen LogP contribution in [0.15, 0.2) is 69.9 Å². The van der Waals surface area contributed by atoms with Crippen molar-refractivity contribution in [1.82, 2.24) is 0 Å². The Morgan fingerprint density at radius 1 is 1.00 bits per heavy atom. The first-order chi connectivity index (χ1) is 15.3. The monoisotopic (exact) mass is 436 g/mol. The van der Waals surface area contributed by atoms with Crippen LogP contribution in [-0.2, 0) is 0 Å². The summed E-state index contributed by atoms with van der Waals surface area (Å²) in [6.07, 6.45) is 5.49. The van der Waals surface area contributed by atoms with Crippen molar-refractivity contribution in [3.8, 4) is 17.2 Å². The van der Waals surface area contributed by atoms with E-state index in [4.69, 9.17) is 18.6 Å². The second kappa shape index (κ2) is 10.2. The van der Waals surface area contributed by atoms with Gasteiger partial charge in [-0.05, 0) is 57.9 Å². The van der Waals surface area contributed by atoms with Gasteiger partial charge in [-0.15, -0.1) is 0 Å². The van der Waals surface area contributed by atoms with Crippen molar-refractivity contribution in [3.05, 3.63) is 76.7 Å². The largest absolute Gasteiger partial charge is 0.484 e. The highest BCUT2D eigenvalue weighted by atomic mass is 16.6. The molecule has 6 nitrogen and oxygen atoms in total. The van der Waals surface area contributed by atoms with Crippen LogP contribution in [0, 0.1) is 0 Å². The molecule has 0 N–H and O–H groups in total. The van der Waals surface area contributed by atoms with E-state index in [1.54, 1.807) is 48.5 Å². The predicted octanol–water partition coefficient (Wildman–Crippen LogP) is 5.92. The lowest BCUT2D eigenvalue weighted by atomic mass is 10.1. The zero-order chi connectivity index (χ0) is 23.1. The number of benzene rings is 2.